The zero-order valence-corrected chi connectivity index (χ0v) is 21.2. The van der Waals surface area contributed by atoms with Crippen LogP contribution in [-0.4, -0.2) is 51.9 Å². The van der Waals surface area contributed by atoms with Crippen molar-refractivity contribution in [2.75, 3.05) is 19.9 Å². The smallest absolute Gasteiger partial charge is 0.340 e. The highest BCUT2D eigenvalue weighted by Crippen LogP contribution is 2.39. The second-order valence-electron chi connectivity index (χ2n) is 7.67. The summed E-state index contributed by atoms with van der Waals surface area (Å²) in [5.41, 5.74) is 3.59. The summed E-state index contributed by atoms with van der Waals surface area (Å²) in [4.78, 5) is 39.0. The van der Waals surface area contributed by atoms with E-state index in [1.54, 1.807) is 16.7 Å². The lowest BCUT2D eigenvalue weighted by Crippen LogP contribution is -2.32. The van der Waals surface area contributed by atoms with Crippen LogP contribution >= 0.6 is 11.8 Å². The number of aliphatic hydroxyl groups is 2. The van der Waals surface area contributed by atoms with Crippen LogP contribution < -0.4 is 10.9 Å². The Balaban J connectivity index is 0.000000550. The van der Waals surface area contributed by atoms with E-state index in [0.717, 1.165) is 16.5 Å². The van der Waals surface area contributed by atoms with Gasteiger partial charge < -0.3 is 29.6 Å². The van der Waals surface area contributed by atoms with Crippen LogP contribution in [0.3, 0.4) is 0 Å². The molecule has 36 heavy (non-hydrogen) atoms. The number of benzene rings is 1. The van der Waals surface area contributed by atoms with Gasteiger partial charge in [0.1, 0.15) is 18.7 Å². The van der Waals surface area contributed by atoms with E-state index in [1.807, 2.05) is 27.2 Å². The van der Waals surface area contributed by atoms with Crippen LogP contribution in [0, 0.1) is 5.82 Å². The van der Waals surface area contributed by atoms with Crippen molar-refractivity contribution in [2.45, 2.75) is 44.5 Å². The van der Waals surface area contributed by atoms with Crippen molar-refractivity contribution in [3.63, 3.8) is 0 Å². The first-order valence-corrected chi connectivity index (χ1v) is 12.6. The molecule has 5 rings (SSSR count). The highest BCUT2D eigenvalue weighted by Gasteiger charge is 2.34. The van der Waals surface area contributed by atoms with E-state index in [1.165, 1.54) is 17.8 Å². The highest BCUT2D eigenvalue weighted by molar-refractivity contribution is 7.98. The van der Waals surface area contributed by atoms with Crippen molar-refractivity contribution in [3.8, 4) is 11.4 Å². The number of ether oxygens (including phenoxy) is 1. The molecular formula is C25H28FN3O6S. The van der Waals surface area contributed by atoms with Gasteiger partial charge in [0.15, 0.2) is 6.10 Å². The predicted molar refractivity (Wildman–Crippen MR) is 134 cm³/mol. The minimum atomic E-state index is -1.50. The molecule has 1 unspecified atom stereocenters. The van der Waals surface area contributed by atoms with Gasteiger partial charge in [-0.1, -0.05) is 13.8 Å². The van der Waals surface area contributed by atoms with Gasteiger partial charge in [-0.05, 0) is 31.0 Å². The Morgan fingerprint density at radius 2 is 1.97 bits per heavy atom. The van der Waals surface area contributed by atoms with E-state index in [9.17, 15) is 19.1 Å². The van der Waals surface area contributed by atoms with E-state index in [4.69, 9.17) is 14.6 Å². The Morgan fingerprint density at radius 1 is 1.28 bits per heavy atom. The van der Waals surface area contributed by atoms with Crippen LogP contribution in [-0.2, 0) is 34.0 Å². The Hall–Kier alpha value is -3.12. The summed E-state index contributed by atoms with van der Waals surface area (Å²) >= 11 is 1.33. The summed E-state index contributed by atoms with van der Waals surface area (Å²) in [5.74, 6) is -1.13. The van der Waals surface area contributed by atoms with Crippen molar-refractivity contribution in [1.82, 2.24) is 14.9 Å². The molecule has 2 aromatic heterocycles. The fourth-order valence-corrected chi connectivity index (χ4v) is 4.74. The Bertz CT molecular complexity index is 1370. The first kappa shape index (κ1) is 27.5. The first-order valence-electron chi connectivity index (χ1n) is 11.4. The summed E-state index contributed by atoms with van der Waals surface area (Å²) in [7, 11) is 1.82. The minimum Gasteiger partial charge on any atom is -0.458 e. The minimum absolute atomic E-state index is 0.165. The van der Waals surface area contributed by atoms with Crippen molar-refractivity contribution in [3.05, 3.63) is 56.6 Å². The van der Waals surface area contributed by atoms with Crippen LogP contribution in [0.4, 0.5) is 4.39 Å². The van der Waals surface area contributed by atoms with Crippen LogP contribution in [0.1, 0.15) is 42.2 Å². The lowest BCUT2D eigenvalue weighted by atomic mass is 9.98. The SMILES string of the molecule is CC.CNCc1c2c(nc3cc(F)c(SC)cc13)-c1cc3c(c(=O)n1C2)COC(=O)C3O.O=CCO. The number of pyridine rings is 2. The van der Waals surface area contributed by atoms with E-state index < -0.39 is 12.1 Å². The number of aldehydes is 1. The molecule has 0 bridgehead atoms. The molecule has 11 heteroatoms. The summed E-state index contributed by atoms with van der Waals surface area (Å²) < 4.78 is 21.0. The third kappa shape index (κ3) is 4.79. The number of esters is 1. The molecule has 1 atom stereocenters. The van der Waals surface area contributed by atoms with Crippen LogP contribution in [0.5, 0.6) is 0 Å². The Labute approximate surface area is 211 Å². The zero-order chi connectivity index (χ0) is 26.6. The molecule has 4 heterocycles. The number of nitrogens with zero attached hydrogens (tertiary/aromatic N) is 2. The summed E-state index contributed by atoms with van der Waals surface area (Å²) in [5, 5.41) is 21.7. The molecule has 0 saturated heterocycles. The first-order chi connectivity index (χ1) is 17.4. The van der Waals surface area contributed by atoms with Gasteiger partial charge in [-0.25, -0.2) is 14.2 Å². The zero-order valence-electron chi connectivity index (χ0n) is 20.4. The lowest BCUT2D eigenvalue weighted by Gasteiger charge is -2.21. The van der Waals surface area contributed by atoms with Gasteiger partial charge in [0.2, 0.25) is 0 Å². The van der Waals surface area contributed by atoms with Gasteiger partial charge in [-0.3, -0.25) is 4.79 Å². The fraction of sp³-hybridized carbons (Fsp3) is 0.360. The average molecular weight is 518 g/mol. The molecule has 2 aliphatic heterocycles. The lowest BCUT2D eigenvalue weighted by molar-refractivity contribution is -0.157. The van der Waals surface area contributed by atoms with Gasteiger partial charge in [-0.2, -0.15) is 0 Å². The van der Waals surface area contributed by atoms with Crippen LogP contribution in [0.25, 0.3) is 22.3 Å². The molecule has 0 aliphatic carbocycles. The van der Waals surface area contributed by atoms with Crippen LogP contribution in [0.2, 0.25) is 0 Å². The van der Waals surface area contributed by atoms with Gasteiger partial charge in [0.05, 0.1) is 35.6 Å². The van der Waals surface area contributed by atoms with Gasteiger partial charge in [-0.15, -0.1) is 11.8 Å². The van der Waals surface area contributed by atoms with Crippen molar-refractivity contribution in [2.24, 2.45) is 0 Å². The molecule has 3 aromatic rings. The number of rotatable bonds is 4. The van der Waals surface area contributed by atoms with Gasteiger partial charge >= 0.3 is 5.97 Å². The number of thioether (sulfide) groups is 1. The third-order valence-electron chi connectivity index (χ3n) is 5.78. The van der Waals surface area contributed by atoms with E-state index in [0.29, 0.717) is 41.2 Å². The number of nitrogens with one attached hydrogen (secondary N) is 1. The Morgan fingerprint density at radius 3 is 2.58 bits per heavy atom. The molecular weight excluding hydrogens is 489 g/mol. The summed E-state index contributed by atoms with van der Waals surface area (Å²) in [6, 6.07) is 4.83. The number of cyclic esters (lactones) is 1. The number of hydrogen-bond acceptors (Lipinski definition) is 9. The molecule has 1 aromatic carbocycles. The van der Waals surface area contributed by atoms with Crippen molar-refractivity contribution in [1.29, 1.82) is 0 Å². The normalized spacial score (nSPS) is 15.0. The maximum absolute atomic E-state index is 14.5. The molecule has 0 saturated carbocycles. The number of carbonyl (C=O) groups excluding carboxylic acids is 2. The quantitative estimate of drug-likeness (QED) is 0.212. The number of hydrogen-bond donors (Lipinski definition) is 3. The largest absolute Gasteiger partial charge is 0.458 e. The second-order valence-corrected chi connectivity index (χ2v) is 8.51. The topological polar surface area (TPSA) is 131 Å². The monoisotopic (exact) mass is 517 g/mol. The second kappa shape index (κ2) is 11.7. The van der Waals surface area contributed by atoms with E-state index in [2.05, 4.69) is 10.3 Å². The molecule has 192 valence electrons. The number of fused-ring (bicyclic) bond motifs is 5. The summed E-state index contributed by atoms with van der Waals surface area (Å²) in [6.07, 6.45) is 0.743. The number of aromatic nitrogens is 2. The van der Waals surface area contributed by atoms with Crippen LogP contribution in [0.15, 0.2) is 27.9 Å². The van der Waals surface area contributed by atoms with Crippen molar-refractivity contribution >= 4 is 34.9 Å². The van der Waals surface area contributed by atoms with Crippen molar-refractivity contribution < 1.29 is 28.9 Å². The van der Waals surface area contributed by atoms with Gasteiger partial charge in [0, 0.05) is 34.0 Å². The molecule has 0 amide bonds. The standard InChI is InChI=1S/C21H18FN3O4S.C2H4O2.C2H6/c1-23-6-11-9-4-17(30-2)14(22)5-15(9)24-18-12(11)7-25-16(18)3-10-13(20(25)27)8-29-21(28)19(10)26;3-1-2-4;1-2/h3-5,19,23,26H,6-8H2,1-2H3;1,4H,2H2;1-2H3. The van der Waals surface area contributed by atoms with E-state index in [-0.39, 0.29) is 35.7 Å². The van der Waals surface area contributed by atoms with E-state index >= 15 is 0 Å². The predicted octanol–water partition coefficient (Wildman–Crippen LogP) is 2.30. The average Bonchev–Trinajstić information content (AvgIpc) is 3.26. The third-order valence-corrected chi connectivity index (χ3v) is 6.53. The van der Waals surface area contributed by atoms with Gasteiger partial charge in [0.25, 0.3) is 5.56 Å². The molecule has 3 N–H and O–H groups in total. The fourth-order valence-electron chi connectivity index (χ4n) is 4.25. The molecule has 0 fully saturated rings. The Kier molecular flexibility index (Phi) is 8.96. The number of carbonyl (C=O) groups is 2. The number of aliphatic hydroxyl groups excluding tert-OH is 2. The maximum Gasteiger partial charge on any atom is 0.340 e. The molecule has 0 radical (unpaired) electrons. The number of halogens is 1. The highest BCUT2D eigenvalue weighted by atomic mass is 32.2. The molecule has 0 spiro atoms. The maximum atomic E-state index is 14.5. The summed E-state index contributed by atoms with van der Waals surface area (Å²) in [6.45, 7) is 4.31. The molecule has 9 nitrogen and oxygen atoms in total. The molecule has 2 aliphatic rings.